The molecule has 1 aromatic carbocycles. The van der Waals surface area contributed by atoms with Crippen LogP contribution in [0.15, 0.2) is 18.2 Å². The lowest BCUT2D eigenvalue weighted by molar-refractivity contribution is -0.117. The molecule has 6 heteroatoms. The van der Waals surface area contributed by atoms with Crippen LogP contribution in [0.1, 0.15) is 16.8 Å². The second-order valence-electron chi connectivity index (χ2n) is 4.52. The zero-order valence-electron chi connectivity index (χ0n) is 10.6. The molecule has 0 aromatic heterocycles. The Morgan fingerprint density at radius 2 is 2.32 bits per heavy atom. The summed E-state index contributed by atoms with van der Waals surface area (Å²) in [5, 5.41) is 0. The molecule has 1 aliphatic rings. The molecule has 0 spiro atoms. The largest absolute Gasteiger partial charge is 0.465 e. The molecular formula is C13H16N2O3S. The molecule has 19 heavy (non-hydrogen) atoms. The van der Waals surface area contributed by atoms with Crippen molar-refractivity contribution in [2.24, 2.45) is 5.92 Å². The fraction of sp³-hybridized carbons (Fsp3) is 0.385. The normalized spacial score (nSPS) is 18.7. The Bertz CT molecular complexity index is 519. The van der Waals surface area contributed by atoms with Crippen molar-refractivity contribution in [3.8, 4) is 0 Å². The van der Waals surface area contributed by atoms with Gasteiger partial charge in [-0.15, -0.1) is 0 Å². The Balaban J connectivity index is 2.27. The van der Waals surface area contributed by atoms with Crippen molar-refractivity contribution in [1.82, 2.24) is 0 Å². The quantitative estimate of drug-likeness (QED) is 0.498. The van der Waals surface area contributed by atoms with E-state index in [1.165, 1.54) is 13.2 Å². The topological polar surface area (TPSA) is 72.6 Å². The smallest absolute Gasteiger partial charge is 0.337 e. The Kier molecular flexibility index (Phi) is 3.99. The maximum Gasteiger partial charge on any atom is 0.337 e. The van der Waals surface area contributed by atoms with Crippen LogP contribution >= 0.6 is 12.6 Å². The van der Waals surface area contributed by atoms with E-state index in [9.17, 15) is 9.59 Å². The number of hydrogen-bond acceptors (Lipinski definition) is 5. The molecule has 1 heterocycles. The van der Waals surface area contributed by atoms with E-state index in [-0.39, 0.29) is 11.8 Å². The van der Waals surface area contributed by atoms with E-state index < -0.39 is 5.97 Å². The highest BCUT2D eigenvalue weighted by atomic mass is 32.1. The van der Waals surface area contributed by atoms with Gasteiger partial charge in [0.1, 0.15) is 0 Å². The summed E-state index contributed by atoms with van der Waals surface area (Å²) < 4.78 is 4.63. The first-order valence-electron chi connectivity index (χ1n) is 5.96. The van der Waals surface area contributed by atoms with Crippen LogP contribution in [0.25, 0.3) is 0 Å². The van der Waals surface area contributed by atoms with Gasteiger partial charge in [0, 0.05) is 13.0 Å². The predicted octanol–water partition coefficient (Wildman–Crippen LogP) is 1.34. The first kappa shape index (κ1) is 13.7. The van der Waals surface area contributed by atoms with Gasteiger partial charge in [-0.3, -0.25) is 4.79 Å². The maximum atomic E-state index is 11.9. The van der Waals surface area contributed by atoms with E-state index in [0.29, 0.717) is 35.7 Å². The molecule has 0 aliphatic carbocycles. The molecule has 0 radical (unpaired) electrons. The number of hydrogen-bond donors (Lipinski definition) is 2. The molecule has 0 saturated carbocycles. The van der Waals surface area contributed by atoms with Crippen LogP contribution in [0.4, 0.5) is 11.4 Å². The first-order valence-corrected chi connectivity index (χ1v) is 6.59. The summed E-state index contributed by atoms with van der Waals surface area (Å²) in [6.45, 7) is 0.615. The third-order valence-electron chi connectivity index (χ3n) is 3.20. The zero-order chi connectivity index (χ0) is 14.0. The number of anilines is 2. The van der Waals surface area contributed by atoms with Gasteiger partial charge in [0.2, 0.25) is 5.91 Å². The number of ether oxygens (including phenoxy) is 1. The highest BCUT2D eigenvalue weighted by molar-refractivity contribution is 7.80. The average molecular weight is 280 g/mol. The number of carbonyl (C=O) groups excluding carboxylic acids is 2. The molecule has 2 rings (SSSR count). The van der Waals surface area contributed by atoms with Crippen molar-refractivity contribution in [1.29, 1.82) is 0 Å². The number of methoxy groups -OCH3 is 1. The average Bonchev–Trinajstić information content (AvgIpc) is 2.79. The number of nitrogen functional groups attached to an aromatic ring is 1. The van der Waals surface area contributed by atoms with Gasteiger partial charge in [-0.05, 0) is 29.9 Å². The monoisotopic (exact) mass is 280 g/mol. The van der Waals surface area contributed by atoms with Gasteiger partial charge in [-0.1, -0.05) is 0 Å². The summed E-state index contributed by atoms with van der Waals surface area (Å²) >= 11 is 4.22. The molecule has 102 valence electrons. The summed E-state index contributed by atoms with van der Waals surface area (Å²) in [5.41, 5.74) is 7.34. The van der Waals surface area contributed by atoms with Crippen molar-refractivity contribution in [3.05, 3.63) is 23.8 Å². The Morgan fingerprint density at radius 3 is 2.84 bits per heavy atom. The van der Waals surface area contributed by atoms with Gasteiger partial charge in [0.05, 0.1) is 24.0 Å². The summed E-state index contributed by atoms with van der Waals surface area (Å²) in [4.78, 5) is 25.0. The number of thiol groups is 1. The molecule has 1 saturated heterocycles. The summed E-state index contributed by atoms with van der Waals surface area (Å²) in [7, 11) is 1.31. The molecule has 1 aliphatic heterocycles. The number of rotatable bonds is 3. The number of esters is 1. The second-order valence-corrected chi connectivity index (χ2v) is 4.89. The molecule has 5 nitrogen and oxygen atoms in total. The van der Waals surface area contributed by atoms with Gasteiger partial charge in [0.15, 0.2) is 0 Å². The van der Waals surface area contributed by atoms with Gasteiger partial charge >= 0.3 is 5.97 Å². The van der Waals surface area contributed by atoms with E-state index in [4.69, 9.17) is 5.73 Å². The maximum absolute atomic E-state index is 11.9. The van der Waals surface area contributed by atoms with Crippen molar-refractivity contribution in [2.75, 3.05) is 30.0 Å². The Hall–Kier alpha value is -1.69. The van der Waals surface area contributed by atoms with E-state index in [1.807, 2.05) is 0 Å². The molecule has 1 aromatic rings. The van der Waals surface area contributed by atoms with Crippen LogP contribution in [0, 0.1) is 5.92 Å². The SMILES string of the molecule is COC(=O)c1ccc(N2CC(CS)CC2=O)c(N)c1. The molecule has 1 atom stereocenters. The molecular weight excluding hydrogens is 264 g/mol. The van der Waals surface area contributed by atoms with E-state index in [2.05, 4.69) is 17.4 Å². The van der Waals surface area contributed by atoms with Crippen LogP contribution < -0.4 is 10.6 Å². The minimum Gasteiger partial charge on any atom is -0.465 e. The fourth-order valence-electron chi connectivity index (χ4n) is 2.18. The number of amides is 1. The summed E-state index contributed by atoms with van der Waals surface area (Å²) in [6, 6.07) is 4.82. The highest BCUT2D eigenvalue weighted by Crippen LogP contribution is 2.30. The number of benzene rings is 1. The van der Waals surface area contributed by atoms with Crippen molar-refractivity contribution >= 4 is 35.9 Å². The Labute approximate surface area is 117 Å². The second kappa shape index (κ2) is 5.52. The highest BCUT2D eigenvalue weighted by Gasteiger charge is 2.30. The van der Waals surface area contributed by atoms with Crippen molar-refractivity contribution < 1.29 is 14.3 Å². The van der Waals surface area contributed by atoms with Gasteiger partial charge in [-0.25, -0.2) is 4.79 Å². The third kappa shape index (κ3) is 2.68. The van der Waals surface area contributed by atoms with Crippen LogP contribution in [-0.2, 0) is 9.53 Å². The minimum atomic E-state index is -0.445. The van der Waals surface area contributed by atoms with Gasteiger partial charge < -0.3 is 15.4 Å². The lowest BCUT2D eigenvalue weighted by Gasteiger charge is -2.19. The lowest BCUT2D eigenvalue weighted by atomic mass is 10.1. The predicted molar refractivity (Wildman–Crippen MR) is 76.5 cm³/mol. The van der Waals surface area contributed by atoms with Crippen LogP contribution in [0.5, 0.6) is 0 Å². The summed E-state index contributed by atoms with van der Waals surface area (Å²) in [6.07, 6.45) is 0.488. The van der Waals surface area contributed by atoms with Crippen LogP contribution in [0.3, 0.4) is 0 Å². The fourth-order valence-corrected chi connectivity index (χ4v) is 2.43. The van der Waals surface area contributed by atoms with Gasteiger partial charge in [-0.2, -0.15) is 12.6 Å². The summed E-state index contributed by atoms with van der Waals surface area (Å²) in [5.74, 6) is 0.508. The first-order chi connectivity index (χ1) is 9.06. The molecule has 2 N–H and O–H groups in total. The molecule has 0 bridgehead atoms. The number of nitrogens with two attached hydrogens (primary N) is 1. The van der Waals surface area contributed by atoms with E-state index in [1.54, 1.807) is 17.0 Å². The zero-order valence-corrected chi connectivity index (χ0v) is 11.5. The van der Waals surface area contributed by atoms with Crippen molar-refractivity contribution in [2.45, 2.75) is 6.42 Å². The minimum absolute atomic E-state index is 0.0385. The standard InChI is InChI=1S/C13H16N2O3S/c1-18-13(17)9-2-3-11(10(14)5-9)15-6-8(7-19)4-12(15)16/h2-3,5,8,19H,4,6-7,14H2,1H3. The van der Waals surface area contributed by atoms with Crippen LogP contribution in [0.2, 0.25) is 0 Å². The molecule has 1 unspecified atom stereocenters. The molecule has 1 fully saturated rings. The van der Waals surface area contributed by atoms with E-state index in [0.717, 1.165) is 0 Å². The van der Waals surface area contributed by atoms with Crippen LogP contribution in [-0.4, -0.2) is 31.3 Å². The van der Waals surface area contributed by atoms with Crippen molar-refractivity contribution in [3.63, 3.8) is 0 Å². The Morgan fingerprint density at radius 1 is 1.58 bits per heavy atom. The lowest BCUT2D eigenvalue weighted by Crippen LogP contribution is -2.25. The van der Waals surface area contributed by atoms with Gasteiger partial charge in [0.25, 0.3) is 0 Å². The van der Waals surface area contributed by atoms with E-state index >= 15 is 0 Å². The number of nitrogens with zero attached hydrogens (tertiary/aromatic N) is 1. The molecule has 1 amide bonds. The third-order valence-corrected chi connectivity index (χ3v) is 3.72. The number of carbonyl (C=O) groups is 2.